The highest BCUT2D eigenvalue weighted by Gasteiger charge is 2.15. The Morgan fingerprint density at radius 2 is 1.81 bits per heavy atom. The summed E-state index contributed by atoms with van der Waals surface area (Å²) in [7, 11) is 0. The molecule has 3 aromatic heterocycles. The Hall–Kier alpha value is -4.21. The fraction of sp³-hybridized carbons (Fsp3) is 0.143. The van der Waals surface area contributed by atoms with Crippen LogP contribution in [0.3, 0.4) is 0 Å². The van der Waals surface area contributed by atoms with Crippen LogP contribution in [0.15, 0.2) is 64.2 Å². The van der Waals surface area contributed by atoms with Gasteiger partial charge >= 0.3 is 0 Å². The van der Waals surface area contributed by atoms with Crippen molar-refractivity contribution in [2.75, 3.05) is 0 Å². The average Bonchev–Trinajstić information content (AvgIpc) is 3.40. The van der Waals surface area contributed by atoms with Crippen LogP contribution in [0.25, 0.3) is 22.6 Å². The third-order valence-corrected chi connectivity index (χ3v) is 4.82. The Morgan fingerprint density at radius 1 is 1.03 bits per heavy atom. The van der Waals surface area contributed by atoms with Crippen LogP contribution in [0.4, 0.5) is 4.39 Å². The van der Waals surface area contributed by atoms with E-state index in [2.05, 4.69) is 25.4 Å². The van der Waals surface area contributed by atoms with E-state index in [0.717, 1.165) is 16.7 Å². The van der Waals surface area contributed by atoms with Gasteiger partial charge in [0.1, 0.15) is 18.7 Å². The zero-order valence-electron chi connectivity index (χ0n) is 16.4. The van der Waals surface area contributed by atoms with Crippen molar-refractivity contribution < 1.29 is 8.91 Å². The summed E-state index contributed by atoms with van der Waals surface area (Å²) in [6.07, 6.45) is 1.39. The second kappa shape index (κ2) is 7.56. The van der Waals surface area contributed by atoms with E-state index in [4.69, 9.17) is 4.52 Å². The van der Waals surface area contributed by atoms with Crippen molar-refractivity contribution in [3.8, 4) is 11.4 Å². The molecular weight excluding hydrogens is 401 g/mol. The summed E-state index contributed by atoms with van der Waals surface area (Å²) in [5.74, 6) is 0.402. The maximum atomic E-state index is 13.1. The molecule has 0 spiro atoms. The normalized spacial score (nSPS) is 11.3. The van der Waals surface area contributed by atoms with Gasteiger partial charge in [0, 0.05) is 5.56 Å². The highest BCUT2D eigenvalue weighted by atomic mass is 19.1. The first kappa shape index (κ1) is 18.8. The van der Waals surface area contributed by atoms with Crippen LogP contribution >= 0.6 is 0 Å². The van der Waals surface area contributed by atoms with Gasteiger partial charge < -0.3 is 4.52 Å². The maximum Gasteiger partial charge on any atom is 0.283 e. The molecule has 0 amide bonds. The largest absolute Gasteiger partial charge is 0.337 e. The van der Waals surface area contributed by atoms with Gasteiger partial charge in [0.25, 0.3) is 5.56 Å². The van der Waals surface area contributed by atoms with Crippen LogP contribution in [0, 0.1) is 12.7 Å². The van der Waals surface area contributed by atoms with Crippen molar-refractivity contribution in [2.45, 2.75) is 20.0 Å². The minimum absolute atomic E-state index is 0.0610. The Kier molecular flexibility index (Phi) is 4.58. The first-order valence-electron chi connectivity index (χ1n) is 9.49. The zero-order chi connectivity index (χ0) is 21.4. The number of nitrogens with zero attached hydrogens (tertiary/aromatic N) is 7. The quantitative estimate of drug-likeness (QED) is 0.433. The molecular formula is C21H16FN7O2. The number of benzene rings is 2. The molecule has 0 atom stereocenters. The van der Waals surface area contributed by atoms with Crippen molar-refractivity contribution in [1.29, 1.82) is 0 Å². The molecule has 31 heavy (non-hydrogen) atoms. The van der Waals surface area contributed by atoms with Crippen molar-refractivity contribution in [3.05, 3.63) is 88.0 Å². The van der Waals surface area contributed by atoms with Crippen LogP contribution in [0.5, 0.6) is 0 Å². The third-order valence-electron chi connectivity index (χ3n) is 4.82. The lowest BCUT2D eigenvalue weighted by atomic mass is 10.1. The monoisotopic (exact) mass is 417 g/mol. The zero-order valence-corrected chi connectivity index (χ0v) is 16.4. The molecule has 0 aliphatic carbocycles. The molecule has 2 aromatic carbocycles. The molecule has 0 unspecified atom stereocenters. The number of rotatable bonds is 5. The number of aryl methyl sites for hydroxylation is 1. The van der Waals surface area contributed by atoms with E-state index < -0.39 is 0 Å². The second-order valence-electron chi connectivity index (χ2n) is 7.10. The van der Waals surface area contributed by atoms with Crippen molar-refractivity contribution in [3.63, 3.8) is 0 Å². The standard InChI is InChI=1S/C21H16FN7O2/c1-13-2-6-15(7-3-13)19-24-17(31-26-19)11-28-12-23-20-18(21(28)30)25-27-29(20)10-14-4-8-16(22)9-5-14/h2-9,12H,10-11H2,1H3. The molecule has 154 valence electrons. The SMILES string of the molecule is Cc1ccc(-c2noc(Cn3cnc4c(nnn4Cc4ccc(F)cc4)c3=O)n2)cc1. The van der Waals surface area contributed by atoms with Crippen LogP contribution in [0.1, 0.15) is 17.0 Å². The predicted octanol–water partition coefficient (Wildman–Crippen LogP) is 2.58. The van der Waals surface area contributed by atoms with Crippen LogP contribution in [-0.4, -0.2) is 34.7 Å². The van der Waals surface area contributed by atoms with Crippen LogP contribution in [-0.2, 0) is 13.1 Å². The molecule has 10 heteroatoms. The van der Waals surface area contributed by atoms with Gasteiger partial charge in [-0.25, -0.2) is 14.1 Å². The lowest BCUT2D eigenvalue weighted by Gasteiger charge is -2.03. The average molecular weight is 417 g/mol. The Balaban J connectivity index is 1.40. The summed E-state index contributed by atoms with van der Waals surface area (Å²) in [5, 5.41) is 12.0. The number of fused-ring (bicyclic) bond motifs is 1. The molecule has 5 rings (SSSR count). The van der Waals surface area contributed by atoms with Gasteiger partial charge in [-0.1, -0.05) is 52.3 Å². The molecule has 0 saturated heterocycles. The van der Waals surface area contributed by atoms with Gasteiger partial charge in [-0.15, -0.1) is 5.10 Å². The molecule has 0 aliphatic heterocycles. The van der Waals surface area contributed by atoms with E-state index in [0.29, 0.717) is 18.0 Å². The molecule has 0 aliphatic rings. The molecule has 0 radical (unpaired) electrons. The molecule has 0 saturated carbocycles. The first-order valence-corrected chi connectivity index (χ1v) is 9.49. The minimum Gasteiger partial charge on any atom is -0.337 e. The van der Waals surface area contributed by atoms with Gasteiger partial charge in [0.15, 0.2) is 11.2 Å². The summed E-state index contributed by atoms with van der Waals surface area (Å²) in [6, 6.07) is 13.8. The summed E-state index contributed by atoms with van der Waals surface area (Å²) in [5.41, 5.74) is 2.87. The Morgan fingerprint density at radius 3 is 2.58 bits per heavy atom. The van der Waals surface area contributed by atoms with Gasteiger partial charge in [-0.2, -0.15) is 4.98 Å². The molecule has 0 bridgehead atoms. The van der Waals surface area contributed by atoms with Gasteiger partial charge in [-0.05, 0) is 24.6 Å². The smallest absolute Gasteiger partial charge is 0.283 e. The van der Waals surface area contributed by atoms with Crippen molar-refractivity contribution in [1.82, 2.24) is 34.7 Å². The number of hydrogen-bond acceptors (Lipinski definition) is 7. The van der Waals surface area contributed by atoms with E-state index in [1.165, 1.54) is 27.7 Å². The molecule has 0 fully saturated rings. The molecule has 0 N–H and O–H groups in total. The lowest BCUT2D eigenvalue weighted by molar-refractivity contribution is 0.369. The van der Waals surface area contributed by atoms with E-state index in [-0.39, 0.29) is 29.3 Å². The first-order chi connectivity index (χ1) is 15.1. The Labute approximate surface area is 174 Å². The highest BCUT2D eigenvalue weighted by Crippen LogP contribution is 2.16. The topological polar surface area (TPSA) is 105 Å². The van der Waals surface area contributed by atoms with Gasteiger partial charge in [-0.3, -0.25) is 9.36 Å². The lowest BCUT2D eigenvalue weighted by Crippen LogP contribution is -2.21. The van der Waals surface area contributed by atoms with Crippen molar-refractivity contribution in [2.24, 2.45) is 0 Å². The minimum atomic E-state index is -0.370. The number of hydrogen-bond donors (Lipinski definition) is 0. The van der Waals surface area contributed by atoms with Crippen LogP contribution in [0.2, 0.25) is 0 Å². The maximum absolute atomic E-state index is 13.1. The summed E-state index contributed by atoms with van der Waals surface area (Å²) >= 11 is 0. The summed E-state index contributed by atoms with van der Waals surface area (Å²) in [6.45, 7) is 2.37. The van der Waals surface area contributed by atoms with E-state index in [9.17, 15) is 9.18 Å². The molecule has 9 nitrogen and oxygen atoms in total. The van der Waals surface area contributed by atoms with Gasteiger partial charge in [0.05, 0.1) is 6.54 Å². The van der Waals surface area contributed by atoms with E-state index >= 15 is 0 Å². The highest BCUT2D eigenvalue weighted by molar-refractivity contribution is 5.67. The number of aromatic nitrogens is 7. The second-order valence-corrected chi connectivity index (χ2v) is 7.10. The predicted molar refractivity (Wildman–Crippen MR) is 109 cm³/mol. The van der Waals surface area contributed by atoms with Crippen LogP contribution < -0.4 is 5.56 Å². The van der Waals surface area contributed by atoms with Crippen molar-refractivity contribution >= 4 is 11.2 Å². The van der Waals surface area contributed by atoms with Gasteiger partial charge in [0.2, 0.25) is 11.7 Å². The summed E-state index contributed by atoms with van der Waals surface area (Å²) < 4.78 is 21.2. The fourth-order valence-electron chi connectivity index (χ4n) is 3.15. The molecule has 3 heterocycles. The molecule has 5 aromatic rings. The van der Waals surface area contributed by atoms with E-state index in [1.54, 1.807) is 12.1 Å². The summed E-state index contributed by atoms with van der Waals surface area (Å²) in [4.78, 5) is 21.5. The number of halogens is 1. The third kappa shape index (κ3) is 3.70. The Bertz CT molecular complexity index is 1420. The fourth-order valence-corrected chi connectivity index (χ4v) is 3.15. The van der Waals surface area contributed by atoms with E-state index in [1.807, 2.05) is 31.2 Å².